The number of hydrogen-bond donors (Lipinski definition) is 1. The number of carbonyl (C=O) groups is 1. The summed E-state index contributed by atoms with van der Waals surface area (Å²) in [6, 6.07) is 19.3. The highest BCUT2D eigenvalue weighted by Gasteiger charge is 2.30. The van der Waals surface area contributed by atoms with Crippen molar-refractivity contribution < 1.29 is 19.4 Å². The third-order valence-electron chi connectivity index (χ3n) is 5.48. The van der Waals surface area contributed by atoms with Crippen molar-refractivity contribution in [3.8, 4) is 0 Å². The summed E-state index contributed by atoms with van der Waals surface area (Å²) in [5, 5.41) is 10.5. The third kappa shape index (κ3) is 8.22. The molecular formula is C27H36O4. The minimum absolute atomic E-state index is 0.0778. The Labute approximate surface area is 186 Å². The lowest BCUT2D eigenvalue weighted by Gasteiger charge is -2.30. The summed E-state index contributed by atoms with van der Waals surface area (Å²) in [4.78, 5) is 13.1. The fraction of sp³-hybridized carbons (Fsp3) is 0.444. The fourth-order valence-corrected chi connectivity index (χ4v) is 3.63. The first-order chi connectivity index (χ1) is 15.1. The van der Waals surface area contributed by atoms with Crippen LogP contribution in [0, 0.1) is 5.92 Å². The quantitative estimate of drug-likeness (QED) is 0.238. The Balaban J connectivity index is 2.20. The van der Waals surface area contributed by atoms with Gasteiger partial charge in [0.15, 0.2) is 0 Å². The van der Waals surface area contributed by atoms with E-state index < -0.39 is 12.1 Å². The first kappa shape index (κ1) is 24.7. The largest absolute Gasteiger partial charge is 0.482 e. The van der Waals surface area contributed by atoms with E-state index in [1.54, 1.807) is 6.08 Å². The number of esters is 1. The molecule has 0 heterocycles. The van der Waals surface area contributed by atoms with Crippen LogP contribution < -0.4 is 0 Å². The minimum atomic E-state index is -0.490. The Hall–Kier alpha value is -2.59. The number of ether oxygens (including phenoxy) is 2. The smallest absolute Gasteiger partial charge is 0.373 e. The molecule has 0 aliphatic rings. The number of unbranched alkanes of at least 4 members (excludes halogenated alkanes) is 1. The van der Waals surface area contributed by atoms with Crippen LogP contribution in [0.25, 0.3) is 6.08 Å². The van der Waals surface area contributed by atoms with Gasteiger partial charge < -0.3 is 14.6 Å². The summed E-state index contributed by atoms with van der Waals surface area (Å²) in [5.74, 6) is -0.392. The second-order valence-electron chi connectivity index (χ2n) is 7.83. The van der Waals surface area contributed by atoms with E-state index in [9.17, 15) is 9.90 Å². The molecular weight excluding hydrogens is 388 g/mol. The van der Waals surface area contributed by atoms with Gasteiger partial charge in [0.1, 0.15) is 12.7 Å². The van der Waals surface area contributed by atoms with E-state index in [2.05, 4.69) is 6.92 Å². The van der Waals surface area contributed by atoms with Gasteiger partial charge in [-0.25, -0.2) is 4.79 Å². The van der Waals surface area contributed by atoms with Gasteiger partial charge in [0.05, 0.1) is 6.10 Å². The fourth-order valence-electron chi connectivity index (χ4n) is 3.63. The lowest BCUT2D eigenvalue weighted by molar-refractivity contribution is -0.154. The molecule has 4 nitrogen and oxygen atoms in total. The summed E-state index contributed by atoms with van der Waals surface area (Å²) in [7, 11) is 0. The zero-order chi connectivity index (χ0) is 22.5. The molecule has 168 valence electrons. The zero-order valence-electron chi connectivity index (χ0n) is 19.0. The van der Waals surface area contributed by atoms with E-state index in [0.717, 1.165) is 30.4 Å². The number of carbonyl (C=O) groups excluding carboxylic acids is 1. The summed E-state index contributed by atoms with van der Waals surface area (Å²) in [5.41, 5.74) is 1.84. The highest BCUT2D eigenvalue weighted by Crippen LogP contribution is 2.25. The molecule has 2 rings (SSSR count). The van der Waals surface area contributed by atoms with Crippen LogP contribution in [-0.2, 0) is 20.9 Å². The lowest BCUT2D eigenvalue weighted by Crippen LogP contribution is -2.35. The minimum Gasteiger partial charge on any atom is -0.482 e. The van der Waals surface area contributed by atoms with Gasteiger partial charge in [-0.05, 0) is 36.5 Å². The van der Waals surface area contributed by atoms with Crippen LogP contribution in [0.15, 0.2) is 66.4 Å². The Morgan fingerprint density at radius 3 is 2.19 bits per heavy atom. The maximum Gasteiger partial charge on any atom is 0.373 e. The summed E-state index contributed by atoms with van der Waals surface area (Å²) < 4.78 is 11.8. The molecule has 0 aromatic heterocycles. The molecule has 0 spiro atoms. The predicted molar refractivity (Wildman–Crippen MR) is 125 cm³/mol. The van der Waals surface area contributed by atoms with E-state index in [0.29, 0.717) is 12.8 Å². The SMILES string of the molecule is CCCCC([C@@H](O)CC)[C@@H](CC)OC(=O)C(=Cc1ccccc1)OCc1ccccc1. The number of hydrogen-bond acceptors (Lipinski definition) is 4. The Morgan fingerprint density at radius 1 is 0.968 bits per heavy atom. The van der Waals surface area contributed by atoms with Crippen LogP contribution in [0.3, 0.4) is 0 Å². The molecule has 0 saturated carbocycles. The maximum atomic E-state index is 13.1. The van der Waals surface area contributed by atoms with Gasteiger partial charge in [0, 0.05) is 5.92 Å². The van der Waals surface area contributed by atoms with Gasteiger partial charge in [-0.1, -0.05) is 94.3 Å². The predicted octanol–water partition coefficient (Wildman–Crippen LogP) is 6.14. The number of aliphatic hydroxyl groups excluding tert-OH is 1. The summed E-state index contributed by atoms with van der Waals surface area (Å²) >= 11 is 0. The van der Waals surface area contributed by atoms with Crippen LogP contribution >= 0.6 is 0 Å². The van der Waals surface area contributed by atoms with Gasteiger partial charge in [0.25, 0.3) is 0 Å². The third-order valence-corrected chi connectivity index (χ3v) is 5.48. The molecule has 0 aliphatic carbocycles. The zero-order valence-corrected chi connectivity index (χ0v) is 19.0. The highest BCUT2D eigenvalue weighted by atomic mass is 16.6. The molecule has 0 saturated heterocycles. The van der Waals surface area contributed by atoms with Crippen molar-refractivity contribution in [1.82, 2.24) is 0 Å². The normalized spacial score (nSPS) is 14.5. The monoisotopic (exact) mass is 424 g/mol. The molecule has 0 amide bonds. The van der Waals surface area contributed by atoms with Gasteiger partial charge in [-0.2, -0.15) is 0 Å². The average molecular weight is 425 g/mol. The standard InChI is InChI=1S/C27H36O4/c1-4-7-18-23(24(28)5-2)25(6-3)31-27(29)26(19-21-14-10-8-11-15-21)30-20-22-16-12-9-13-17-22/h8-17,19,23-25,28H,4-7,18,20H2,1-3H3/t23?,24-,25+/m0/s1. The van der Waals surface area contributed by atoms with Crippen LogP contribution in [0.4, 0.5) is 0 Å². The Morgan fingerprint density at radius 2 is 1.61 bits per heavy atom. The van der Waals surface area contributed by atoms with Crippen molar-refractivity contribution in [2.24, 2.45) is 5.92 Å². The van der Waals surface area contributed by atoms with Crippen molar-refractivity contribution >= 4 is 12.0 Å². The second-order valence-corrected chi connectivity index (χ2v) is 7.83. The number of benzene rings is 2. The average Bonchev–Trinajstić information content (AvgIpc) is 2.81. The van der Waals surface area contributed by atoms with Crippen LogP contribution in [0.2, 0.25) is 0 Å². The van der Waals surface area contributed by atoms with E-state index in [1.165, 1.54) is 0 Å². The first-order valence-electron chi connectivity index (χ1n) is 11.4. The van der Waals surface area contributed by atoms with E-state index in [1.807, 2.05) is 74.5 Å². The molecule has 1 unspecified atom stereocenters. The van der Waals surface area contributed by atoms with Crippen molar-refractivity contribution in [2.45, 2.75) is 71.7 Å². The van der Waals surface area contributed by atoms with Crippen LogP contribution in [-0.4, -0.2) is 23.3 Å². The van der Waals surface area contributed by atoms with Gasteiger partial charge in [-0.3, -0.25) is 0 Å². The van der Waals surface area contributed by atoms with Crippen LogP contribution in [0.5, 0.6) is 0 Å². The topological polar surface area (TPSA) is 55.8 Å². The molecule has 1 N–H and O–H groups in total. The lowest BCUT2D eigenvalue weighted by atomic mass is 9.87. The second kappa shape index (κ2) is 13.7. The maximum absolute atomic E-state index is 13.1. The van der Waals surface area contributed by atoms with Gasteiger partial charge >= 0.3 is 5.97 Å². The van der Waals surface area contributed by atoms with E-state index >= 15 is 0 Å². The van der Waals surface area contributed by atoms with Gasteiger partial charge in [0.2, 0.25) is 5.76 Å². The van der Waals surface area contributed by atoms with Gasteiger partial charge in [-0.15, -0.1) is 0 Å². The van der Waals surface area contributed by atoms with E-state index in [4.69, 9.17) is 9.47 Å². The Bertz CT molecular complexity index is 785. The first-order valence-corrected chi connectivity index (χ1v) is 11.4. The summed E-state index contributed by atoms with van der Waals surface area (Å²) in [6.45, 7) is 6.36. The van der Waals surface area contributed by atoms with Crippen molar-refractivity contribution in [2.75, 3.05) is 0 Å². The number of rotatable bonds is 13. The molecule has 0 fully saturated rings. The van der Waals surface area contributed by atoms with Crippen molar-refractivity contribution in [3.05, 3.63) is 77.5 Å². The van der Waals surface area contributed by atoms with Crippen molar-refractivity contribution in [1.29, 1.82) is 0 Å². The molecule has 3 atom stereocenters. The molecule has 31 heavy (non-hydrogen) atoms. The molecule has 2 aromatic rings. The molecule has 0 radical (unpaired) electrons. The van der Waals surface area contributed by atoms with Crippen LogP contribution in [0.1, 0.15) is 64.0 Å². The summed E-state index contributed by atoms with van der Waals surface area (Å²) in [6.07, 6.45) is 5.03. The highest BCUT2D eigenvalue weighted by molar-refractivity contribution is 5.91. The Kier molecular flexibility index (Phi) is 10.9. The molecule has 0 aliphatic heterocycles. The molecule has 4 heteroatoms. The number of aliphatic hydroxyl groups is 1. The molecule has 2 aromatic carbocycles. The van der Waals surface area contributed by atoms with Crippen molar-refractivity contribution in [3.63, 3.8) is 0 Å². The van der Waals surface area contributed by atoms with E-state index in [-0.39, 0.29) is 24.4 Å². The molecule has 0 bridgehead atoms.